The van der Waals surface area contributed by atoms with E-state index in [2.05, 4.69) is 16.7 Å². The second-order valence-corrected chi connectivity index (χ2v) is 8.67. The Morgan fingerprint density at radius 2 is 1.56 bits per heavy atom. The van der Waals surface area contributed by atoms with Crippen molar-refractivity contribution < 1.29 is 19.4 Å². The number of hydrogen-bond acceptors (Lipinski definition) is 3. The second kappa shape index (κ2) is 9.32. The third-order valence-corrected chi connectivity index (χ3v) is 5.85. The van der Waals surface area contributed by atoms with Crippen LogP contribution in [0.25, 0.3) is 0 Å². The first-order valence-corrected chi connectivity index (χ1v) is 10.3. The summed E-state index contributed by atoms with van der Waals surface area (Å²) in [5.74, 6) is -0.0930. The maximum Gasteiger partial charge on any atom is 0.279 e. The van der Waals surface area contributed by atoms with Crippen LogP contribution in [0.15, 0.2) is 36.4 Å². The molecule has 2 heterocycles. The van der Waals surface area contributed by atoms with Gasteiger partial charge in [0.15, 0.2) is 6.54 Å². The average molecular weight is 409 g/mol. The minimum Gasteiger partial charge on any atom is -0.326 e. The smallest absolute Gasteiger partial charge is 0.279 e. The van der Waals surface area contributed by atoms with Gasteiger partial charge in [-0.15, -0.1) is 11.3 Å². The zero-order valence-corrected chi connectivity index (χ0v) is 16.9. The first-order valence-electron chi connectivity index (χ1n) is 9.07. The van der Waals surface area contributed by atoms with Crippen LogP contribution >= 0.6 is 22.9 Å². The minimum absolute atomic E-state index is 0.0192. The fourth-order valence-corrected chi connectivity index (χ4v) is 4.44. The molecule has 1 aromatic heterocycles. The monoisotopic (exact) mass is 408 g/mol. The van der Waals surface area contributed by atoms with Gasteiger partial charge in [-0.1, -0.05) is 11.6 Å². The molecule has 4 N–H and O–H groups in total. The van der Waals surface area contributed by atoms with E-state index in [-0.39, 0.29) is 11.8 Å². The molecule has 1 saturated heterocycles. The van der Waals surface area contributed by atoms with Crippen molar-refractivity contribution in [1.82, 2.24) is 0 Å². The van der Waals surface area contributed by atoms with Crippen LogP contribution in [-0.4, -0.2) is 44.5 Å². The fourth-order valence-electron chi connectivity index (χ4n) is 3.28. The van der Waals surface area contributed by atoms with Gasteiger partial charge in [0.1, 0.15) is 32.7 Å². The normalized spacial score (nSPS) is 19.5. The van der Waals surface area contributed by atoms with Crippen LogP contribution in [0, 0.1) is 0 Å². The number of benzene rings is 1. The predicted octanol–water partition coefficient (Wildman–Crippen LogP) is 0.282. The van der Waals surface area contributed by atoms with Gasteiger partial charge in [-0.3, -0.25) is 9.59 Å². The number of carbonyl (C=O) groups excluding carboxylic acids is 2. The Labute approximate surface area is 168 Å². The molecule has 0 spiro atoms. The molecule has 27 heavy (non-hydrogen) atoms. The SMILES string of the molecule is CC(=O)Nc1ccc(NC(=O)C[NH+]2CC[NH+](Cc3ccc(Cl)s3)CC2)cc1. The summed E-state index contributed by atoms with van der Waals surface area (Å²) < 4.78 is 0.843. The molecule has 6 nitrogen and oxygen atoms in total. The van der Waals surface area contributed by atoms with Gasteiger partial charge in [0.05, 0.1) is 9.21 Å². The van der Waals surface area contributed by atoms with Gasteiger partial charge in [0.25, 0.3) is 5.91 Å². The maximum absolute atomic E-state index is 12.3. The molecule has 1 aliphatic heterocycles. The third kappa shape index (κ3) is 6.32. The first-order chi connectivity index (χ1) is 13.0. The van der Waals surface area contributed by atoms with Crippen LogP contribution in [0.4, 0.5) is 11.4 Å². The van der Waals surface area contributed by atoms with Crippen molar-refractivity contribution in [3.63, 3.8) is 0 Å². The summed E-state index contributed by atoms with van der Waals surface area (Å²) in [6.45, 7) is 7.05. The zero-order valence-electron chi connectivity index (χ0n) is 15.3. The number of anilines is 2. The molecule has 0 aliphatic carbocycles. The van der Waals surface area contributed by atoms with E-state index in [0.717, 1.165) is 48.4 Å². The highest BCUT2D eigenvalue weighted by molar-refractivity contribution is 7.16. The molecule has 0 bridgehead atoms. The molecule has 1 aromatic carbocycles. The van der Waals surface area contributed by atoms with Crippen molar-refractivity contribution in [2.24, 2.45) is 0 Å². The zero-order chi connectivity index (χ0) is 19.2. The number of hydrogen-bond donors (Lipinski definition) is 4. The summed E-state index contributed by atoms with van der Waals surface area (Å²) in [6.07, 6.45) is 0. The molecule has 8 heteroatoms. The largest absolute Gasteiger partial charge is 0.326 e. The number of halogens is 1. The quantitative estimate of drug-likeness (QED) is 0.554. The van der Waals surface area contributed by atoms with Crippen molar-refractivity contribution in [2.45, 2.75) is 13.5 Å². The first kappa shape index (κ1) is 19.8. The van der Waals surface area contributed by atoms with E-state index >= 15 is 0 Å². The van der Waals surface area contributed by atoms with Crippen LogP contribution < -0.4 is 20.4 Å². The lowest BCUT2D eigenvalue weighted by molar-refractivity contribution is -1.01. The van der Waals surface area contributed by atoms with Crippen LogP contribution in [0.1, 0.15) is 11.8 Å². The van der Waals surface area contributed by atoms with Gasteiger partial charge in [-0.05, 0) is 36.4 Å². The number of carbonyl (C=O) groups is 2. The summed E-state index contributed by atoms with van der Waals surface area (Å²) in [6, 6.07) is 11.2. The number of rotatable bonds is 6. The van der Waals surface area contributed by atoms with Crippen molar-refractivity contribution in [2.75, 3.05) is 43.4 Å². The molecule has 0 unspecified atom stereocenters. The van der Waals surface area contributed by atoms with Crippen LogP contribution in [0.3, 0.4) is 0 Å². The average Bonchev–Trinajstić information content (AvgIpc) is 3.03. The molecule has 1 aliphatic rings. The Balaban J connectivity index is 1.40. The Hall–Kier alpha value is -1.93. The minimum atomic E-state index is -0.112. The van der Waals surface area contributed by atoms with Gasteiger partial charge >= 0.3 is 0 Å². The maximum atomic E-state index is 12.3. The van der Waals surface area contributed by atoms with Gasteiger partial charge in [-0.25, -0.2) is 0 Å². The highest BCUT2D eigenvalue weighted by Crippen LogP contribution is 2.20. The number of quaternary nitrogens is 2. The van der Waals surface area contributed by atoms with Gasteiger partial charge < -0.3 is 20.4 Å². The molecular formula is C19H25ClN4O2S+2. The van der Waals surface area contributed by atoms with Crippen molar-refractivity contribution in [1.29, 1.82) is 0 Å². The third-order valence-electron chi connectivity index (χ3n) is 4.62. The lowest BCUT2D eigenvalue weighted by atomic mass is 10.2. The molecule has 2 amide bonds. The van der Waals surface area contributed by atoms with E-state index < -0.39 is 0 Å². The molecule has 3 rings (SSSR count). The number of thiophene rings is 1. The number of amides is 2. The Morgan fingerprint density at radius 3 is 2.11 bits per heavy atom. The Kier molecular flexibility index (Phi) is 6.84. The van der Waals surface area contributed by atoms with Crippen molar-refractivity contribution in [3.05, 3.63) is 45.6 Å². The van der Waals surface area contributed by atoms with E-state index in [1.807, 2.05) is 6.07 Å². The van der Waals surface area contributed by atoms with Gasteiger partial charge in [0.2, 0.25) is 5.91 Å². The summed E-state index contributed by atoms with van der Waals surface area (Å²) in [7, 11) is 0. The van der Waals surface area contributed by atoms with Gasteiger partial charge in [0, 0.05) is 18.3 Å². The predicted molar refractivity (Wildman–Crippen MR) is 109 cm³/mol. The summed E-state index contributed by atoms with van der Waals surface area (Å²) in [5, 5.41) is 5.64. The topological polar surface area (TPSA) is 67.1 Å². The Morgan fingerprint density at radius 1 is 0.963 bits per heavy atom. The van der Waals surface area contributed by atoms with E-state index in [4.69, 9.17) is 11.6 Å². The molecule has 0 atom stereocenters. The lowest BCUT2D eigenvalue weighted by Crippen LogP contribution is -3.28. The summed E-state index contributed by atoms with van der Waals surface area (Å²) >= 11 is 7.65. The second-order valence-electron chi connectivity index (χ2n) is 6.87. The van der Waals surface area contributed by atoms with Crippen LogP contribution in [0.5, 0.6) is 0 Å². The van der Waals surface area contributed by atoms with E-state index in [9.17, 15) is 9.59 Å². The van der Waals surface area contributed by atoms with Crippen LogP contribution in [0.2, 0.25) is 4.34 Å². The molecule has 2 aromatic rings. The van der Waals surface area contributed by atoms with E-state index in [1.165, 1.54) is 16.7 Å². The molecule has 144 valence electrons. The lowest BCUT2D eigenvalue weighted by Gasteiger charge is -2.29. The molecule has 0 radical (unpaired) electrons. The summed E-state index contributed by atoms with van der Waals surface area (Å²) in [4.78, 5) is 27.5. The Bertz CT molecular complexity index is 785. The highest BCUT2D eigenvalue weighted by Gasteiger charge is 2.25. The van der Waals surface area contributed by atoms with E-state index in [0.29, 0.717) is 6.54 Å². The molecule has 0 saturated carbocycles. The number of piperazine rings is 1. The number of nitrogens with one attached hydrogen (secondary N) is 4. The standard InChI is InChI=1S/C19H23ClN4O2S/c1-14(25)21-15-2-4-16(5-3-15)22-19(26)13-24-10-8-23(9-11-24)12-17-6-7-18(20)27-17/h2-7H,8-13H2,1H3,(H,21,25)(H,22,26)/p+2. The van der Waals surface area contributed by atoms with E-state index in [1.54, 1.807) is 40.5 Å². The highest BCUT2D eigenvalue weighted by atomic mass is 35.5. The molecule has 1 fully saturated rings. The molecular weight excluding hydrogens is 384 g/mol. The van der Waals surface area contributed by atoms with Crippen molar-refractivity contribution >= 4 is 46.1 Å². The summed E-state index contributed by atoms with van der Waals surface area (Å²) in [5.41, 5.74) is 1.46. The van der Waals surface area contributed by atoms with Crippen molar-refractivity contribution in [3.8, 4) is 0 Å². The van der Waals surface area contributed by atoms with Crippen LogP contribution in [-0.2, 0) is 16.1 Å². The fraction of sp³-hybridized carbons (Fsp3) is 0.368. The van der Waals surface area contributed by atoms with Gasteiger partial charge in [-0.2, -0.15) is 0 Å².